The van der Waals surface area contributed by atoms with Gasteiger partial charge in [0.2, 0.25) is 10.0 Å². The fraction of sp³-hybridized carbons (Fsp3) is 0.618. The Morgan fingerprint density at radius 2 is 1.52 bits per heavy atom. The number of sulfonamides is 1. The molecule has 0 radical (unpaired) electrons. The van der Waals surface area contributed by atoms with Crippen LogP contribution in [0.25, 0.3) is 5.00 Å². The first kappa shape index (κ1) is 33.3. The highest BCUT2D eigenvalue weighted by Crippen LogP contribution is 2.41. The molecule has 0 amide bonds. The summed E-state index contributed by atoms with van der Waals surface area (Å²) in [5.41, 5.74) is 3.96. The van der Waals surface area contributed by atoms with E-state index in [0.29, 0.717) is 31.1 Å². The van der Waals surface area contributed by atoms with Gasteiger partial charge in [-0.3, -0.25) is 9.56 Å². The van der Waals surface area contributed by atoms with Gasteiger partial charge < -0.3 is 0 Å². The highest BCUT2D eigenvalue weighted by molar-refractivity contribution is 7.89. The van der Waals surface area contributed by atoms with Crippen molar-refractivity contribution < 1.29 is 8.42 Å². The summed E-state index contributed by atoms with van der Waals surface area (Å²) in [5.74, 6) is 1.82. The Bertz CT molecular complexity index is 1530. The van der Waals surface area contributed by atoms with Gasteiger partial charge in [-0.15, -0.1) is 21.5 Å². The standard InChI is InChI=1S/C34H48ClN5O2S2/c1-3-4-5-6-7-8-9-10-11-12-13-14-15-18-23-44(41,42)39-22-21-28-30(25-39)43-34-32(28)33(27-19-16-17-20-29(27)35)36-24-31-38-37-26(2)40(31)34/h16-17,19-20H,3-15,18,21-25H2,1-2H3. The first-order valence-electron chi connectivity index (χ1n) is 16.7. The van der Waals surface area contributed by atoms with E-state index in [4.69, 9.17) is 16.6 Å². The molecule has 5 rings (SSSR count). The molecule has 4 heterocycles. The second kappa shape index (κ2) is 16.0. The molecule has 7 nitrogen and oxygen atoms in total. The average molecular weight is 658 g/mol. The van der Waals surface area contributed by atoms with Gasteiger partial charge in [0.15, 0.2) is 5.82 Å². The van der Waals surface area contributed by atoms with E-state index in [-0.39, 0.29) is 5.75 Å². The molecule has 2 aliphatic heterocycles. The molecule has 2 aromatic heterocycles. The zero-order valence-electron chi connectivity index (χ0n) is 26.5. The summed E-state index contributed by atoms with van der Waals surface area (Å²) >= 11 is 8.30. The summed E-state index contributed by atoms with van der Waals surface area (Å²) in [6.45, 7) is 5.52. The number of halogens is 1. The second-order valence-electron chi connectivity index (χ2n) is 12.3. The van der Waals surface area contributed by atoms with Crippen molar-refractivity contribution in [2.45, 2.75) is 123 Å². The van der Waals surface area contributed by atoms with Crippen molar-refractivity contribution in [1.29, 1.82) is 0 Å². The number of aromatic nitrogens is 3. The molecule has 2 aliphatic rings. The van der Waals surface area contributed by atoms with Crippen molar-refractivity contribution in [3.05, 3.63) is 62.5 Å². The maximum Gasteiger partial charge on any atom is 0.214 e. The third-order valence-corrected chi connectivity index (χ3v) is 12.4. The lowest BCUT2D eigenvalue weighted by Crippen LogP contribution is -2.37. The highest BCUT2D eigenvalue weighted by atomic mass is 35.5. The number of aryl methyl sites for hydroxylation is 1. The van der Waals surface area contributed by atoms with Crippen LogP contribution in [-0.2, 0) is 29.5 Å². The van der Waals surface area contributed by atoms with E-state index in [0.717, 1.165) is 57.6 Å². The van der Waals surface area contributed by atoms with Crippen LogP contribution in [0.4, 0.5) is 0 Å². The Morgan fingerprint density at radius 3 is 2.18 bits per heavy atom. The van der Waals surface area contributed by atoms with E-state index in [2.05, 4.69) is 21.7 Å². The molecule has 0 N–H and O–H groups in total. The van der Waals surface area contributed by atoms with Gasteiger partial charge in [-0.25, -0.2) is 8.42 Å². The first-order chi connectivity index (χ1) is 21.4. The molecule has 10 heteroatoms. The smallest absolute Gasteiger partial charge is 0.214 e. The number of hydrogen-bond donors (Lipinski definition) is 0. The summed E-state index contributed by atoms with van der Waals surface area (Å²) in [7, 11) is -3.32. The van der Waals surface area contributed by atoms with Gasteiger partial charge in [0, 0.05) is 34.1 Å². The van der Waals surface area contributed by atoms with E-state index < -0.39 is 10.0 Å². The number of thiophene rings is 1. The maximum absolute atomic E-state index is 13.4. The fourth-order valence-corrected chi connectivity index (χ4v) is 9.75. The van der Waals surface area contributed by atoms with Gasteiger partial charge in [-0.05, 0) is 31.4 Å². The molecule has 0 aliphatic carbocycles. The molecule has 1 aromatic carbocycles. The average Bonchev–Trinajstić information content (AvgIpc) is 3.52. The summed E-state index contributed by atoms with van der Waals surface area (Å²) in [6.07, 6.45) is 18.3. The molecule has 0 saturated heterocycles. The lowest BCUT2D eigenvalue weighted by molar-refractivity contribution is 0.394. The Balaban J connectivity index is 1.14. The van der Waals surface area contributed by atoms with Crippen molar-refractivity contribution in [2.24, 2.45) is 4.99 Å². The number of fused-ring (bicyclic) bond motifs is 5. The van der Waals surface area contributed by atoms with Gasteiger partial charge in [0.25, 0.3) is 0 Å². The minimum Gasteiger partial charge on any atom is -0.276 e. The number of aliphatic imine (C=N–C) groups is 1. The van der Waals surface area contributed by atoms with Crippen molar-refractivity contribution >= 4 is 38.7 Å². The monoisotopic (exact) mass is 657 g/mol. The molecule has 240 valence electrons. The molecule has 0 spiro atoms. The Labute approximate surface area is 273 Å². The zero-order chi connectivity index (χ0) is 30.9. The summed E-state index contributed by atoms with van der Waals surface area (Å²) in [4.78, 5) is 6.06. The minimum atomic E-state index is -3.32. The highest BCUT2D eigenvalue weighted by Gasteiger charge is 2.34. The van der Waals surface area contributed by atoms with Crippen molar-refractivity contribution in [3.8, 4) is 5.00 Å². The first-order valence-corrected chi connectivity index (χ1v) is 19.5. The second-order valence-corrected chi connectivity index (χ2v) is 15.9. The number of unbranched alkanes of at least 4 members (excludes halogenated alkanes) is 13. The fourth-order valence-electron chi connectivity index (χ4n) is 6.49. The van der Waals surface area contributed by atoms with Crippen LogP contribution in [0.1, 0.15) is 130 Å². The molecule has 44 heavy (non-hydrogen) atoms. The van der Waals surface area contributed by atoms with E-state index in [9.17, 15) is 8.42 Å². The normalized spacial score (nSPS) is 15.0. The SMILES string of the molecule is CCCCCCCCCCCCCCCCS(=O)(=O)N1CCc2c(sc3c2C(c2ccccc2Cl)=NCc2nnc(C)n2-3)C1. The predicted octanol–water partition coefficient (Wildman–Crippen LogP) is 8.81. The number of benzene rings is 1. The van der Waals surface area contributed by atoms with Crippen LogP contribution in [-0.4, -0.2) is 45.5 Å². The third kappa shape index (κ3) is 8.01. The zero-order valence-corrected chi connectivity index (χ0v) is 28.9. The molecular formula is C34H48ClN5O2S2. The Morgan fingerprint density at radius 1 is 0.886 bits per heavy atom. The Hall–Kier alpha value is -2.07. The molecule has 3 aromatic rings. The number of rotatable bonds is 17. The van der Waals surface area contributed by atoms with Crippen LogP contribution in [0.15, 0.2) is 29.3 Å². The lowest BCUT2D eigenvalue weighted by atomic mass is 9.96. The van der Waals surface area contributed by atoms with Crippen LogP contribution in [0.2, 0.25) is 5.02 Å². The molecule has 0 saturated carbocycles. The number of nitrogens with zero attached hydrogens (tertiary/aromatic N) is 5. The largest absolute Gasteiger partial charge is 0.276 e. The van der Waals surface area contributed by atoms with Crippen molar-refractivity contribution in [1.82, 2.24) is 19.1 Å². The topological polar surface area (TPSA) is 80.5 Å². The van der Waals surface area contributed by atoms with Gasteiger partial charge in [0.05, 0.1) is 11.5 Å². The maximum atomic E-state index is 13.4. The van der Waals surface area contributed by atoms with Crippen LogP contribution in [0.5, 0.6) is 0 Å². The quantitative estimate of drug-likeness (QED) is 0.136. The van der Waals surface area contributed by atoms with Crippen LogP contribution in [0.3, 0.4) is 0 Å². The van der Waals surface area contributed by atoms with Gasteiger partial charge in [-0.1, -0.05) is 120 Å². The van der Waals surface area contributed by atoms with E-state index in [1.54, 1.807) is 15.6 Å². The van der Waals surface area contributed by atoms with E-state index >= 15 is 0 Å². The summed E-state index contributed by atoms with van der Waals surface area (Å²) < 4.78 is 30.6. The van der Waals surface area contributed by atoms with Gasteiger partial charge >= 0.3 is 0 Å². The Kier molecular flexibility index (Phi) is 12.1. The molecular weight excluding hydrogens is 610 g/mol. The van der Waals surface area contributed by atoms with Crippen molar-refractivity contribution in [2.75, 3.05) is 12.3 Å². The summed E-state index contributed by atoms with van der Waals surface area (Å²) in [5, 5.41) is 10.4. The molecule has 0 atom stereocenters. The van der Waals surface area contributed by atoms with Gasteiger partial charge in [-0.2, -0.15) is 4.31 Å². The van der Waals surface area contributed by atoms with Crippen molar-refractivity contribution in [3.63, 3.8) is 0 Å². The lowest BCUT2D eigenvalue weighted by Gasteiger charge is -2.27. The molecule has 0 unspecified atom stereocenters. The third-order valence-electron chi connectivity index (χ3n) is 8.99. The molecule has 0 bridgehead atoms. The van der Waals surface area contributed by atoms with Gasteiger partial charge in [0.1, 0.15) is 17.4 Å². The molecule has 0 fully saturated rings. The van der Waals surface area contributed by atoms with Crippen LogP contribution < -0.4 is 0 Å². The van der Waals surface area contributed by atoms with E-state index in [1.807, 2.05) is 31.2 Å². The van der Waals surface area contributed by atoms with Crippen LogP contribution in [0, 0.1) is 6.92 Å². The summed E-state index contributed by atoms with van der Waals surface area (Å²) in [6, 6.07) is 7.79. The number of hydrogen-bond acceptors (Lipinski definition) is 6. The van der Waals surface area contributed by atoms with E-state index in [1.165, 1.54) is 76.2 Å². The van der Waals surface area contributed by atoms with Crippen LogP contribution >= 0.6 is 22.9 Å². The predicted molar refractivity (Wildman–Crippen MR) is 183 cm³/mol. The minimum absolute atomic E-state index is 0.229.